The second-order valence-electron chi connectivity index (χ2n) is 5.12. The van der Waals surface area contributed by atoms with E-state index in [-0.39, 0.29) is 18.6 Å². The van der Waals surface area contributed by atoms with Crippen LogP contribution in [0.2, 0.25) is 0 Å². The van der Waals surface area contributed by atoms with Crippen LogP contribution in [0.1, 0.15) is 26.7 Å². The van der Waals surface area contributed by atoms with E-state index in [1.807, 2.05) is 26.0 Å². The normalized spacial score (nSPS) is 14.3. The van der Waals surface area contributed by atoms with Gasteiger partial charge in [0.25, 0.3) is 0 Å². The Morgan fingerprint density at radius 1 is 1.53 bits per heavy atom. The van der Waals surface area contributed by atoms with Crippen molar-refractivity contribution < 1.29 is 9.53 Å². The molecule has 0 aromatic carbocycles. The van der Waals surface area contributed by atoms with E-state index < -0.39 is 0 Å². The zero-order valence-electron chi connectivity index (χ0n) is 11.5. The molecule has 1 aromatic heterocycles. The van der Waals surface area contributed by atoms with Crippen molar-refractivity contribution in [1.29, 1.82) is 0 Å². The Labute approximate surface area is 113 Å². The maximum atomic E-state index is 11.6. The van der Waals surface area contributed by atoms with Crippen LogP contribution >= 0.6 is 0 Å². The maximum Gasteiger partial charge on any atom is 0.239 e. The number of hydrogen-bond acceptors (Lipinski definition) is 4. The third-order valence-corrected chi connectivity index (χ3v) is 2.84. The third kappa shape index (κ3) is 4.77. The number of rotatable bonds is 7. The van der Waals surface area contributed by atoms with Gasteiger partial charge in [0.15, 0.2) is 0 Å². The van der Waals surface area contributed by atoms with Gasteiger partial charge in [0.2, 0.25) is 11.8 Å². The van der Waals surface area contributed by atoms with Crippen molar-refractivity contribution in [2.75, 3.05) is 18.4 Å². The molecule has 0 atom stereocenters. The molecule has 1 aliphatic rings. The minimum absolute atomic E-state index is 0.00579. The average molecular weight is 263 g/mol. The highest BCUT2D eigenvalue weighted by atomic mass is 16.5. The SMILES string of the molecule is CC(C)Oc1ncccc1NCC(=O)NCC1CC1. The Bertz CT molecular complexity index is 430. The average Bonchev–Trinajstić information content (AvgIpc) is 3.18. The van der Waals surface area contributed by atoms with Crippen molar-refractivity contribution in [3.8, 4) is 5.88 Å². The van der Waals surface area contributed by atoms with Crippen molar-refractivity contribution in [2.45, 2.75) is 32.8 Å². The van der Waals surface area contributed by atoms with Gasteiger partial charge in [-0.05, 0) is 44.7 Å². The van der Waals surface area contributed by atoms with E-state index in [1.54, 1.807) is 6.20 Å². The second kappa shape index (κ2) is 6.41. The molecule has 1 fully saturated rings. The Kier molecular flexibility index (Phi) is 4.60. The topological polar surface area (TPSA) is 63.2 Å². The molecule has 2 N–H and O–H groups in total. The van der Waals surface area contributed by atoms with Crippen LogP contribution in [0.25, 0.3) is 0 Å². The molecule has 0 bridgehead atoms. The molecule has 1 heterocycles. The lowest BCUT2D eigenvalue weighted by molar-refractivity contribution is -0.119. The van der Waals surface area contributed by atoms with Gasteiger partial charge in [0, 0.05) is 12.7 Å². The van der Waals surface area contributed by atoms with Crippen LogP contribution in [0.3, 0.4) is 0 Å². The molecule has 0 unspecified atom stereocenters. The fraction of sp³-hybridized carbons (Fsp3) is 0.571. The minimum Gasteiger partial charge on any atom is -0.473 e. The molecule has 1 saturated carbocycles. The number of amides is 1. The van der Waals surface area contributed by atoms with Gasteiger partial charge in [-0.3, -0.25) is 4.79 Å². The van der Waals surface area contributed by atoms with Crippen molar-refractivity contribution in [3.05, 3.63) is 18.3 Å². The van der Waals surface area contributed by atoms with E-state index >= 15 is 0 Å². The highest BCUT2D eigenvalue weighted by Gasteiger charge is 2.21. The molecule has 19 heavy (non-hydrogen) atoms. The molecular formula is C14H21N3O2. The highest BCUT2D eigenvalue weighted by Crippen LogP contribution is 2.27. The molecule has 0 spiro atoms. The van der Waals surface area contributed by atoms with E-state index in [4.69, 9.17) is 4.74 Å². The summed E-state index contributed by atoms with van der Waals surface area (Å²) < 4.78 is 5.58. The van der Waals surface area contributed by atoms with Gasteiger partial charge in [0.1, 0.15) is 0 Å². The number of aromatic nitrogens is 1. The third-order valence-electron chi connectivity index (χ3n) is 2.84. The molecule has 0 radical (unpaired) electrons. The summed E-state index contributed by atoms with van der Waals surface area (Å²) in [5.41, 5.74) is 0.748. The molecule has 1 aromatic rings. The van der Waals surface area contributed by atoms with Crippen LogP contribution in [-0.4, -0.2) is 30.1 Å². The number of pyridine rings is 1. The molecule has 0 aliphatic heterocycles. The minimum atomic E-state index is 0.00579. The second-order valence-corrected chi connectivity index (χ2v) is 5.12. The Morgan fingerprint density at radius 3 is 3.00 bits per heavy atom. The van der Waals surface area contributed by atoms with Gasteiger partial charge in [0.05, 0.1) is 18.3 Å². The summed E-state index contributed by atoms with van der Waals surface area (Å²) in [6.07, 6.45) is 4.21. The summed E-state index contributed by atoms with van der Waals surface area (Å²) in [6.45, 7) is 4.93. The predicted octanol–water partition coefficient (Wildman–Crippen LogP) is 1.81. The monoisotopic (exact) mass is 263 g/mol. The molecule has 1 amide bonds. The van der Waals surface area contributed by atoms with E-state index in [0.29, 0.717) is 11.8 Å². The number of nitrogens with one attached hydrogen (secondary N) is 2. The van der Waals surface area contributed by atoms with E-state index in [1.165, 1.54) is 12.8 Å². The molecule has 5 heteroatoms. The Hall–Kier alpha value is -1.78. The fourth-order valence-electron chi connectivity index (χ4n) is 1.66. The Balaban J connectivity index is 1.81. The molecular weight excluding hydrogens is 242 g/mol. The summed E-state index contributed by atoms with van der Waals surface area (Å²) in [5.74, 6) is 1.24. The number of ether oxygens (including phenoxy) is 1. The summed E-state index contributed by atoms with van der Waals surface area (Å²) >= 11 is 0. The van der Waals surface area contributed by atoms with Crippen LogP contribution in [0, 0.1) is 5.92 Å². The largest absolute Gasteiger partial charge is 0.473 e. The van der Waals surface area contributed by atoms with Gasteiger partial charge in [-0.2, -0.15) is 0 Å². The first kappa shape index (κ1) is 13.6. The number of hydrogen-bond donors (Lipinski definition) is 2. The van der Waals surface area contributed by atoms with Gasteiger partial charge in [-0.25, -0.2) is 4.98 Å². The molecule has 0 saturated heterocycles. The van der Waals surface area contributed by atoms with E-state index in [9.17, 15) is 4.79 Å². The van der Waals surface area contributed by atoms with Crippen molar-refractivity contribution in [3.63, 3.8) is 0 Å². The zero-order chi connectivity index (χ0) is 13.7. The lowest BCUT2D eigenvalue weighted by Crippen LogP contribution is -2.31. The highest BCUT2D eigenvalue weighted by molar-refractivity contribution is 5.81. The number of anilines is 1. The zero-order valence-corrected chi connectivity index (χ0v) is 11.5. The van der Waals surface area contributed by atoms with Crippen LogP contribution in [0.5, 0.6) is 5.88 Å². The van der Waals surface area contributed by atoms with E-state index in [2.05, 4.69) is 15.6 Å². The number of carbonyl (C=O) groups excluding carboxylic acids is 1. The van der Waals surface area contributed by atoms with Crippen LogP contribution < -0.4 is 15.4 Å². The number of carbonyl (C=O) groups is 1. The number of nitrogens with zero attached hydrogens (tertiary/aromatic N) is 1. The van der Waals surface area contributed by atoms with Gasteiger partial charge in [-0.15, -0.1) is 0 Å². The lowest BCUT2D eigenvalue weighted by atomic mass is 10.3. The summed E-state index contributed by atoms with van der Waals surface area (Å²) in [5, 5.41) is 5.98. The standard InChI is InChI=1S/C14H21N3O2/c1-10(2)19-14-12(4-3-7-15-14)16-9-13(18)17-8-11-5-6-11/h3-4,7,10-11,16H,5-6,8-9H2,1-2H3,(H,17,18). The predicted molar refractivity (Wildman–Crippen MR) is 74.2 cm³/mol. The Morgan fingerprint density at radius 2 is 2.32 bits per heavy atom. The van der Waals surface area contributed by atoms with Gasteiger partial charge < -0.3 is 15.4 Å². The fourth-order valence-corrected chi connectivity index (χ4v) is 1.66. The molecule has 2 rings (SSSR count). The molecule has 104 valence electrons. The van der Waals surface area contributed by atoms with Crippen molar-refractivity contribution in [1.82, 2.24) is 10.3 Å². The van der Waals surface area contributed by atoms with Crippen LogP contribution in [-0.2, 0) is 4.79 Å². The van der Waals surface area contributed by atoms with Crippen LogP contribution in [0.4, 0.5) is 5.69 Å². The summed E-state index contributed by atoms with van der Waals surface area (Å²) in [4.78, 5) is 15.8. The molecule has 1 aliphatic carbocycles. The smallest absolute Gasteiger partial charge is 0.239 e. The quantitative estimate of drug-likeness (QED) is 0.787. The summed E-state index contributed by atoms with van der Waals surface area (Å²) in [7, 11) is 0. The first-order valence-electron chi connectivity index (χ1n) is 6.77. The van der Waals surface area contributed by atoms with Gasteiger partial charge >= 0.3 is 0 Å². The van der Waals surface area contributed by atoms with Crippen molar-refractivity contribution in [2.24, 2.45) is 5.92 Å². The van der Waals surface area contributed by atoms with E-state index in [0.717, 1.165) is 12.2 Å². The van der Waals surface area contributed by atoms with Crippen molar-refractivity contribution >= 4 is 11.6 Å². The first-order chi connectivity index (χ1) is 9.15. The van der Waals surface area contributed by atoms with Crippen LogP contribution in [0.15, 0.2) is 18.3 Å². The maximum absolute atomic E-state index is 11.6. The first-order valence-corrected chi connectivity index (χ1v) is 6.77. The summed E-state index contributed by atoms with van der Waals surface area (Å²) in [6, 6.07) is 3.68. The lowest BCUT2D eigenvalue weighted by Gasteiger charge is -2.14. The van der Waals surface area contributed by atoms with Gasteiger partial charge in [-0.1, -0.05) is 0 Å². The molecule has 5 nitrogen and oxygen atoms in total.